The van der Waals surface area contributed by atoms with Gasteiger partial charge in [0.05, 0.1) is 22.8 Å². The lowest BCUT2D eigenvalue weighted by atomic mass is 10.0. The number of carbonyl (C=O) groups is 1. The van der Waals surface area contributed by atoms with Crippen LogP contribution in [0.1, 0.15) is 13.3 Å². The van der Waals surface area contributed by atoms with E-state index >= 15 is 0 Å². The molecule has 2 rings (SSSR count). The van der Waals surface area contributed by atoms with E-state index in [4.69, 9.17) is 11.6 Å². The molecule has 110 valence electrons. The molecule has 20 heavy (non-hydrogen) atoms. The second-order valence-electron chi connectivity index (χ2n) is 5.19. The molecule has 7 heteroatoms. The molecule has 1 atom stereocenters. The van der Waals surface area contributed by atoms with E-state index in [0.717, 1.165) is 4.90 Å². The molecule has 1 saturated heterocycles. The van der Waals surface area contributed by atoms with E-state index in [1.54, 1.807) is 19.1 Å². The van der Waals surface area contributed by atoms with Crippen LogP contribution in [-0.2, 0) is 14.6 Å². The van der Waals surface area contributed by atoms with Crippen molar-refractivity contribution < 1.29 is 13.2 Å². The monoisotopic (exact) mass is 333 g/mol. The number of hydrogen-bond donors (Lipinski definition) is 1. The molecule has 1 aromatic rings. The van der Waals surface area contributed by atoms with Crippen molar-refractivity contribution in [1.29, 1.82) is 0 Å². The fraction of sp³-hybridized carbons (Fsp3) is 0.462. The summed E-state index contributed by atoms with van der Waals surface area (Å²) in [5.74, 6) is 0.285. The van der Waals surface area contributed by atoms with Gasteiger partial charge in [0.25, 0.3) is 0 Å². The van der Waals surface area contributed by atoms with Gasteiger partial charge in [0, 0.05) is 9.92 Å². The summed E-state index contributed by atoms with van der Waals surface area (Å²) in [6, 6.07) is 7.24. The molecule has 0 spiro atoms. The topological polar surface area (TPSA) is 63.2 Å². The third kappa shape index (κ3) is 4.40. The van der Waals surface area contributed by atoms with Crippen molar-refractivity contribution in [2.45, 2.75) is 23.8 Å². The molecule has 4 nitrogen and oxygen atoms in total. The fourth-order valence-corrected chi connectivity index (χ4v) is 5.08. The average Bonchev–Trinajstić information content (AvgIpc) is 2.62. The van der Waals surface area contributed by atoms with Crippen LogP contribution in [-0.4, -0.2) is 37.1 Å². The number of hydrogen-bond acceptors (Lipinski definition) is 4. The smallest absolute Gasteiger partial charge is 0.230 e. The van der Waals surface area contributed by atoms with Crippen LogP contribution in [0, 0.1) is 0 Å². The molecule has 0 aromatic heterocycles. The SMILES string of the molecule is CC1(NC(=O)CSc2ccc(Cl)cc2)CCS(=O)(=O)C1. The zero-order valence-electron chi connectivity index (χ0n) is 11.1. The number of nitrogens with one attached hydrogen (secondary N) is 1. The first-order valence-electron chi connectivity index (χ1n) is 6.18. The largest absolute Gasteiger partial charge is 0.349 e. The predicted molar refractivity (Wildman–Crippen MR) is 82.0 cm³/mol. The second kappa shape index (κ2) is 5.95. The summed E-state index contributed by atoms with van der Waals surface area (Å²) >= 11 is 7.19. The van der Waals surface area contributed by atoms with Crippen LogP contribution in [0.4, 0.5) is 0 Å². The first-order chi connectivity index (χ1) is 9.28. The summed E-state index contributed by atoms with van der Waals surface area (Å²) in [7, 11) is -3.01. The number of sulfone groups is 1. The minimum atomic E-state index is -3.01. The number of carbonyl (C=O) groups excluding carboxylic acids is 1. The minimum absolute atomic E-state index is 0.0252. The van der Waals surface area contributed by atoms with Crippen LogP contribution in [0.15, 0.2) is 29.2 Å². The lowest BCUT2D eigenvalue weighted by Gasteiger charge is -2.23. The maximum Gasteiger partial charge on any atom is 0.230 e. The van der Waals surface area contributed by atoms with Gasteiger partial charge in [-0.3, -0.25) is 4.79 Å². The van der Waals surface area contributed by atoms with Gasteiger partial charge in [0.1, 0.15) is 0 Å². The lowest BCUT2D eigenvalue weighted by molar-refractivity contribution is -0.120. The molecule has 1 amide bonds. The van der Waals surface area contributed by atoms with Crippen molar-refractivity contribution in [1.82, 2.24) is 5.32 Å². The van der Waals surface area contributed by atoms with E-state index in [9.17, 15) is 13.2 Å². The van der Waals surface area contributed by atoms with Gasteiger partial charge in [0.15, 0.2) is 9.84 Å². The maximum absolute atomic E-state index is 11.9. The Balaban J connectivity index is 1.85. The fourth-order valence-electron chi connectivity index (χ4n) is 2.16. The van der Waals surface area contributed by atoms with Crippen LogP contribution in [0.25, 0.3) is 0 Å². The highest BCUT2D eigenvalue weighted by Gasteiger charge is 2.39. The minimum Gasteiger partial charge on any atom is -0.349 e. The normalized spacial score (nSPS) is 24.5. The quantitative estimate of drug-likeness (QED) is 0.857. The molecule has 1 unspecified atom stereocenters. The highest BCUT2D eigenvalue weighted by atomic mass is 35.5. The van der Waals surface area contributed by atoms with Gasteiger partial charge < -0.3 is 5.32 Å². The van der Waals surface area contributed by atoms with Crippen LogP contribution >= 0.6 is 23.4 Å². The summed E-state index contributed by atoms with van der Waals surface area (Å²) in [4.78, 5) is 12.9. The first kappa shape index (κ1) is 15.7. The van der Waals surface area contributed by atoms with Crippen LogP contribution in [0.3, 0.4) is 0 Å². The molecule has 0 bridgehead atoms. The van der Waals surface area contributed by atoms with Crippen LogP contribution < -0.4 is 5.32 Å². The number of halogens is 1. The van der Waals surface area contributed by atoms with E-state index in [-0.39, 0.29) is 23.2 Å². The molecule has 1 aromatic carbocycles. The Labute approximate surface area is 128 Å². The molecule has 0 saturated carbocycles. The summed E-state index contributed by atoms with van der Waals surface area (Å²) in [6.45, 7) is 1.78. The van der Waals surface area contributed by atoms with Crippen molar-refractivity contribution >= 4 is 39.1 Å². The standard InChI is InChI=1S/C13H16ClNO3S2/c1-13(6-7-20(17,18)9-13)15-12(16)8-19-11-4-2-10(14)3-5-11/h2-5H,6-9H2,1H3,(H,15,16). The molecule has 1 aliphatic rings. The Hall–Kier alpha value is -0.720. The van der Waals surface area contributed by atoms with Gasteiger partial charge >= 0.3 is 0 Å². The average molecular weight is 334 g/mol. The molecule has 1 aliphatic heterocycles. The summed E-state index contributed by atoms with van der Waals surface area (Å²) in [5, 5.41) is 3.48. The third-order valence-corrected chi connectivity index (χ3v) is 6.30. The molecule has 1 fully saturated rings. The molecular weight excluding hydrogens is 318 g/mol. The van der Waals surface area contributed by atoms with Crippen LogP contribution in [0.5, 0.6) is 0 Å². The number of thioether (sulfide) groups is 1. The van der Waals surface area contributed by atoms with Crippen molar-refractivity contribution in [2.75, 3.05) is 17.3 Å². The van der Waals surface area contributed by atoms with Gasteiger partial charge in [0.2, 0.25) is 5.91 Å². The van der Waals surface area contributed by atoms with Crippen LogP contribution in [0.2, 0.25) is 5.02 Å². The van der Waals surface area contributed by atoms with Crippen molar-refractivity contribution in [2.24, 2.45) is 0 Å². The Bertz CT molecular complexity index is 601. The highest BCUT2D eigenvalue weighted by molar-refractivity contribution is 8.00. The lowest BCUT2D eigenvalue weighted by Crippen LogP contribution is -2.47. The number of rotatable bonds is 4. The molecule has 0 radical (unpaired) electrons. The van der Waals surface area contributed by atoms with E-state index in [1.165, 1.54) is 11.8 Å². The van der Waals surface area contributed by atoms with Gasteiger partial charge in [-0.15, -0.1) is 11.8 Å². The second-order valence-corrected chi connectivity index (χ2v) is 8.86. The molecule has 0 aliphatic carbocycles. The van der Waals surface area contributed by atoms with Gasteiger partial charge in [-0.1, -0.05) is 11.6 Å². The first-order valence-corrected chi connectivity index (χ1v) is 9.36. The molecule has 1 N–H and O–H groups in total. The van der Waals surface area contributed by atoms with Gasteiger partial charge in [-0.25, -0.2) is 8.42 Å². The number of benzene rings is 1. The zero-order valence-corrected chi connectivity index (χ0v) is 13.4. The summed E-state index contributed by atoms with van der Waals surface area (Å²) < 4.78 is 22.9. The van der Waals surface area contributed by atoms with Gasteiger partial charge in [-0.2, -0.15) is 0 Å². The van der Waals surface area contributed by atoms with Gasteiger partial charge in [-0.05, 0) is 37.6 Å². The van der Waals surface area contributed by atoms with Crippen molar-refractivity contribution in [3.05, 3.63) is 29.3 Å². The maximum atomic E-state index is 11.9. The Morgan fingerprint density at radius 3 is 2.60 bits per heavy atom. The predicted octanol–water partition coefficient (Wildman–Crippen LogP) is 2.13. The van der Waals surface area contributed by atoms with Crippen molar-refractivity contribution in [3.8, 4) is 0 Å². The van der Waals surface area contributed by atoms with Crippen molar-refractivity contribution in [3.63, 3.8) is 0 Å². The molecular formula is C13H16ClNO3S2. The zero-order chi connectivity index (χ0) is 14.8. The van der Waals surface area contributed by atoms with E-state index < -0.39 is 15.4 Å². The number of amides is 1. The van der Waals surface area contributed by atoms with E-state index in [2.05, 4.69) is 5.32 Å². The van der Waals surface area contributed by atoms with E-state index in [0.29, 0.717) is 11.4 Å². The Kier molecular flexibility index (Phi) is 4.66. The highest BCUT2D eigenvalue weighted by Crippen LogP contribution is 2.24. The Morgan fingerprint density at radius 2 is 2.05 bits per heavy atom. The summed E-state index contributed by atoms with van der Waals surface area (Å²) in [6.07, 6.45) is 0.479. The van der Waals surface area contributed by atoms with E-state index in [1.807, 2.05) is 12.1 Å². The third-order valence-electron chi connectivity index (χ3n) is 3.13. The Morgan fingerprint density at radius 1 is 1.40 bits per heavy atom. The summed E-state index contributed by atoms with van der Waals surface area (Å²) in [5.41, 5.74) is -0.628. The molecule has 1 heterocycles.